The van der Waals surface area contributed by atoms with E-state index in [1.165, 1.54) is 0 Å². The molecule has 0 amide bonds. The number of rotatable bonds is 4. The van der Waals surface area contributed by atoms with Crippen molar-refractivity contribution in [3.05, 3.63) is 29.6 Å². The van der Waals surface area contributed by atoms with E-state index in [0.717, 1.165) is 24.1 Å². The Morgan fingerprint density at radius 1 is 1.39 bits per heavy atom. The zero-order valence-corrected chi connectivity index (χ0v) is 13.8. The van der Waals surface area contributed by atoms with Crippen LogP contribution in [-0.4, -0.2) is 64.8 Å². The zero-order valence-electron chi connectivity index (χ0n) is 12.9. The van der Waals surface area contributed by atoms with Gasteiger partial charge in [0.2, 0.25) is 0 Å². The number of nitrogens with zero attached hydrogens (tertiary/aromatic N) is 3. The maximum atomic E-state index is 11.6. The lowest BCUT2D eigenvalue weighted by Crippen LogP contribution is -2.48. The predicted molar refractivity (Wildman–Crippen MR) is 85.4 cm³/mol. The van der Waals surface area contributed by atoms with Crippen LogP contribution in [-0.2, 0) is 29.2 Å². The number of carboxylic acids is 1. The average molecular weight is 339 g/mol. The van der Waals surface area contributed by atoms with Crippen molar-refractivity contribution >= 4 is 15.8 Å². The number of fused-ring (bicyclic) bond motifs is 1. The molecule has 8 heteroatoms. The largest absolute Gasteiger partial charge is 0.476 e. The van der Waals surface area contributed by atoms with Gasteiger partial charge >= 0.3 is 5.97 Å². The van der Waals surface area contributed by atoms with Crippen LogP contribution in [0.5, 0.6) is 0 Å². The molecule has 0 bridgehead atoms. The minimum atomic E-state index is -2.90. The van der Waals surface area contributed by atoms with Crippen LogP contribution < -0.4 is 0 Å². The highest BCUT2D eigenvalue weighted by Gasteiger charge is 2.33. The number of aromatic carboxylic acids is 1. The smallest absolute Gasteiger partial charge is 0.356 e. The van der Waals surface area contributed by atoms with E-state index in [9.17, 15) is 18.3 Å². The summed E-state index contributed by atoms with van der Waals surface area (Å²) in [4.78, 5) is 13.6. The molecule has 1 fully saturated rings. The molecule has 1 N–H and O–H groups in total. The third kappa shape index (κ3) is 3.18. The van der Waals surface area contributed by atoms with E-state index >= 15 is 0 Å². The van der Waals surface area contributed by atoms with Crippen molar-refractivity contribution in [1.82, 2.24) is 14.7 Å². The molecule has 1 atom stereocenters. The molecule has 2 aliphatic rings. The number of aromatic nitrogens is 2. The standard InChI is InChI=1S/C15H21N3O4S/c1-2-5-18-13-4-3-11(10-12(13)14(16-18)15(19)20)17-6-8-23(21,22)9-7-17/h2,11H,1,3-10H2,(H,19,20)/t11-/m1/s1. The van der Waals surface area contributed by atoms with E-state index in [0.29, 0.717) is 26.1 Å². The lowest BCUT2D eigenvalue weighted by atomic mass is 9.90. The van der Waals surface area contributed by atoms with Gasteiger partial charge in [0.05, 0.1) is 18.1 Å². The van der Waals surface area contributed by atoms with Gasteiger partial charge in [0.1, 0.15) is 0 Å². The van der Waals surface area contributed by atoms with Gasteiger partial charge in [-0.3, -0.25) is 9.58 Å². The van der Waals surface area contributed by atoms with Crippen molar-refractivity contribution in [2.24, 2.45) is 0 Å². The molecule has 1 saturated heterocycles. The van der Waals surface area contributed by atoms with Gasteiger partial charge < -0.3 is 5.11 Å². The van der Waals surface area contributed by atoms with Crippen LogP contribution in [0.25, 0.3) is 0 Å². The van der Waals surface area contributed by atoms with Crippen LogP contribution in [0.1, 0.15) is 28.2 Å². The second-order valence-corrected chi connectivity index (χ2v) is 8.44. The molecule has 23 heavy (non-hydrogen) atoms. The second kappa shape index (κ2) is 6.09. The van der Waals surface area contributed by atoms with Crippen LogP contribution in [0.4, 0.5) is 0 Å². The fourth-order valence-corrected chi connectivity index (χ4v) is 4.75. The molecule has 0 saturated carbocycles. The highest BCUT2D eigenvalue weighted by atomic mass is 32.2. The molecule has 1 aromatic rings. The molecule has 3 rings (SSSR count). The molecule has 0 radical (unpaired) electrons. The number of sulfone groups is 1. The van der Waals surface area contributed by atoms with E-state index in [1.807, 2.05) is 0 Å². The van der Waals surface area contributed by atoms with Crippen molar-refractivity contribution in [1.29, 1.82) is 0 Å². The third-order valence-corrected chi connectivity index (χ3v) is 6.33. The molecule has 0 aromatic carbocycles. The molecular formula is C15H21N3O4S. The van der Waals surface area contributed by atoms with Crippen molar-refractivity contribution < 1.29 is 18.3 Å². The first-order chi connectivity index (χ1) is 10.9. The molecule has 0 unspecified atom stereocenters. The lowest BCUT2D eigenvalue weighted by molar-refractivity contribution is 0.0687. The number of hydrogen-bond donors (Lipinski definition) is 1. The topological polar surface area (TPSA) is 92.5 Å². The van der Waals surface area contributed by atoms with Crippen molar-refractivity contribution in [2.45, 2.75) is 31.8 Å². The predicted octanol–water partition coefficient (Wildman–Crippen LogP) is 0.355. The van der Waals surface area contributed by atoms with Gasteiger partial charge in [-0.25, -0.2) is 13.2 Å². The van der Waals surface area contributed by atoms with Crippen LogP contribution in [0.15, 0.2) is 12.7 Å². The lowest BCUT2D eigenvalue weighted by Gasteiger charge is -2.36. The molecule has 1 aromatic heterocycles. The van der Waals surface area contributed by atoms with Crippen LogP contribution in [0.3, 0.4) is 0 Å². The van der Waals surface area contributed by atoms with Crippen molar-refractivity contribution in [3.8, 4) is 0 Å². The van der Waals surface area contributed by atoms with Gasteiger partial charge in [-0.2, -0.15) is 5.10 Å². The van der Waals surface area contributed by atoms with Crippen molar-refractivity contribution in [2.75, 3.05) is 24.6 Å². The van der Waals surface area contributed by atoms with Crippen LogP contribution in [0, 0.1) is 0 Å². The normalized spacial score (nSPS) is 24.1. The average Bonchev–Trinajstić information content (AvgIpc) is 2.86. The maximum Gasteiger partial charge on any atom is 0.356 e. The van der Waals surface area contributed by atoms with E-state index in [2.05, 4.69) is 16.6 Å². The maximum absolute atomic E-state index is 11.6. The highest BCUT2D eigenvalue weighted by Crippen LogP contribution is 2.28. The van der Waals surface area contributed by atoms with E-state index in [4.69, 9.17) is 0 Å². The Hall–Kier alpha value is -1.67. The van der Waals surface area contributed by atoms with Crippen LogP contribution in [0.2, 0.25) is 0 Å². The molecule has 7 nitrogen and oxygen atoms in total. The Kier molecular flexibility index (Phi) is 4.29. The summed E-state index contributed by atoms with van der Waals surface area (Å²) in [6.45, 7) is 5.26. The van der Waals surface area contributed by atoms with Gasteiger partial charge in [0, 0.05) is 30.4 Å². The first-order valence-corrected chi connectivity index (χ1v) is 9.60. The molecule has 1 aliphatic carbocycles. The Balaban J connectivity index is 1.82. The fourth-order valence-electron chi connectivity index (χ4n) is 3.52. The Morgan fingerprint density at radius 2 is 2.09 bits per heavy atom. The summed E-state index contributed by atoms with van der Waals surface area (Å²) in [7, 11) is -2.90. The van der Waals surface area contributed by atoms with E-state index < -0.39 is 15.8 Å². The van der Waals surface area contributed by atoms with Gasteiger partial charge in [-0.1, -0.05) is 6.08 Å². The zero-order chi connectivity index (χ0) is 16.6. The third-order valence-electron chi connectivity index (χ3n) is 4.72. The molecule has 0 spiro atoms. The molecule has 1 aliphatic heterocycles. The monoisotopic (exact) mass is 339 g/mol. The summed E-state index contributed by atoms with van der Waals surface area (Å²) in [5, 5.41) is 13.6. The Bertz CT molecular complexity index is 724. The van der Waals surface area contributed by atoms with Crippen LogP contribution >= 0.6 is 0 Å². The SMILES string of the molecule is C=CCn1nc(C(=O)O)c2c1CC[C@@H](N1CCS(=O)(=O)CC1)C2. The summed E-state index contributed by atoms with van der Waals surface area (Å²) in [6, 6.07) is 0.192. The number of hydrogen-bond acceptors (Lipinski definition) is 5. The summed E-state index contributed by atoms with van der Waals surface area (Å²) in [6.07, 6.45) is 3.99. The summed E-state index contributed by atoms with van der Waals surface area (Å²) < 4.78 is 24.9. The van der Waals surface area contributed by atoms with E-state index in [-0.39, 0.29) is 23.2 Å². The second-order valence-electron chi connectivity index (χ2n) is 6.13. The Labute approximate surface area is 135 Å². The van der Waals surface area contributed by atoms with Gasteiger partial charge in [-0.15, -0.1) is 6.58 Å². The van der Waals surface area contributed by atoms with Gasteiger partial charge in [-0.05, 0) is 19.3 Å². The van der Waals surface area contributed by atoms with E-state index in [1.54, 1.807) is 10.8 Å². The number of carbonyl (C=O) groups is 1. The van der Waals surface area contributed by atoms with Gasteiger partial charge in [0.15, 0.2) is 15.5 Å². The molecular weight excluding hydrogens is 318 g/mol. The van der Waals surface area contributed by atoms with Gasteiger partial charge in [0.25, 0.3) is 0 Å². The van der Waals surface area contributed by atoms with Crippen molar-refractivity contribution in [3.63, 3.8) is 0 Å². The number of carboxylic acid groups (broad SMARTS) is 1. The number of allylic oxidation sites excluding steroid dienone is 1. The Morgan fingerprint density at radius 3 is 2.70 bits per heavy atom. The minimum Gasteiger partial charge on any atom is -0.476 e. The first-order valence-electron chi connectivity index (χ1n) is 7.78. The summed E-state index contributed by atoms with van der Waals surface area (Å²) in [5.74, 6) is -0.624. The summed E-state index contributed by atoms with van der Waals surface area (Å²) >= 11 is 0. The fraction of sp³-hybridized carbons (Fsp3) is 0.600. The summed E-state index contributed by atoms with van der Waals surface area (Å²) in [5.41, 5.74) is 1.89. The minimum absolute atomic E-state index is 0.121. The molecule has 126 valence electrons. The first kappa shape index (κ1) is 16.2. The highest BCUT2D eigenvalue weighted by molar-refractivity contribution is 7.91. The quantitative estimate of drug-likeness (QED) is 0.796. The molecule has 2 heterocycles.